The van der Waals surface area contributed by atoms with E-state index in [1.54, 1.807) is 0 Å². The molecule has 1 atom stereocenters. The normalized spacial score (nSPS) is 20.6. The van der Waals surface area contributed by atoms with E-state index in [4.69, 9.17) is 9.15 Å². The summed E-state index contributed by atoms with van der Waals surface area (Å²) in [6, 6.07) is 8.12. The lowest BCUT2D eigenvalue weighted by Gasteiger charge is -2.22. The van der Waals surface area contributed by atoms with Gasteiger partial charge in [-0.2, -0.15) is 4.98 Å². The standard InChI is InChI=1S/C13H16N2O2/c1-2-7-12-11(6-1)15-13(17-12)16-9-10-5-3-4-8-14-10/h1-2,6-7,10,14H,3-5,8-9H2/t10-/m0/s1. The number of fused-ring (bicyclic) bond motifs is 1. The molecule has 0 bridgehead atoms. The molecule has 0 amide bonds. The second kappa shape index (κ2) is 4.75. The SMILES string of the molecule is c1ccc2oc(OC[C@@H]3CCCCN3)nc2c1. The number of ether oxygens (including phenoxy) is 1. The first-order valence-electron chi connectivity index (χ1n) is 6.13. The smallest absolute Gasteiger partial charge is 0.394 e. The van der Waals surface area contributed by atoms with Crippen molar-refractivity contribution in [3.8, 4) is 6.08 Å². The minimum Gasteiger partial charge on any atom is -0.449 e. The second-order valence-corrected chi connectivity index (χ2v) is 4.41. The van der Waals surface area contributed by atoms with Crippen molar-refractivity contribution in [1.29, 1.82) is 0 Å². The van der Waals surface area contributed by atoms with Crippen LogP contribution >= 0.6 is 0 Å². The molecule has 4 heteroatoms. The summed E-state index contributed by atoms with van der Waals surface area (Å²) in [6.45, 7) is 1.72. The Kier molecular flexibility index (Phi) is 2.96. The molecule has 1 aromatic heterocycles. The van der Waals surface area contributed by atoms with Gasteiger partial charge in [-0.3, -0.25) is 0 Å². The highest BCUT2D eigenvalue weighted by molar-refractivity contribution is 5.72. The van der Waals surface area contributed by atoms with E-state index in [9.17, 15) is 0 Å². The molecule has 0 spiro atoms. The van der Waals surface area contributed by atoms with Gasteiger partial charge in [0.15, 0.2) is 5.58 Å². The third-order valence-electron chi connectivity index (χ3n) is 3.09. The summed E-state index contributed by atoms with van der Waals surface area (Å²) >= 11 is 0. The predicted molar refractivity (Wildman–Crippen MR) is 65.1 cm³/mol. The largest absolute Gasteiger partial charge is 0.449 e. The fraction of sp³-hybridized carbons (Fsp3) is 0.462. The Balaban J connectivity index is 1.64. The number of oxazole rings is 1. The summed E-state index contributed by atoms with van der Waals surface area (Å²) < 4.78 is 11.1. The van der Waals surface area contributed by atoms with E-state index in [1.165, 1.54) is 19.3 Å². The van der Waals surface area contributed by atoms with E-state index in [-0.39, 0.29) is 0 Å². The van der Waals surface area contributed by atoms with Crippen LogP contribution in [-0.4, -0.2) is 24.2 Å². The van der Waals surface area contributed by atoms with E-state index < -0.39 is 0 Å². The molecule has 0 aliphatic carbocycles. The molecule has 1 N–H and O–H groups in total. The summed E-state index contributed by atoms with van der Waals surface area (Å²) in [7, 11) is 0. The molecule has 1 fully saturated rings. The molecule has 1 aliphatic rings. The number of hydrogen-bond donors (Lipinski definition) is 1. The van der Waals surface area contributed by atoms with E-state index in [1.807, 2.05) is 24.3 Å². The van der Waals surface area contributed by atoms with Crippen molar-refractivity contribution in [3.05, 3.63) is 24.3 Å². The summed E-state index contributed by atoms with van der Waals surface area (Å²) in [5.74, 6) is 0. The molecule has 3 rings (SSSR count). The maximum atomic E-state index is 5.59. The highest BCUT2D eigenvalue weighted by atomic mass is 16.6. The average molecular weight is 232 g/mol. The average Bonchev–Trinajstić information content (AvgIpc) is 2.80. The quantitative estimate of drug-likeness (QED) is 0.882. The summed E-state index contributed by atoms with van der Waals surface area (Å²) in [5, 5.41) is 3.43. The molecule has 1 saturated heterocycles. The zero-order valence-electron chi connectivity index (χ0n) is 9.69. The van der Waals surface area contributed by atoms with Crippen molar-refractivity contribution < 1.29 is 9.15 Å². The van der Waals surface area contributed by atoms with E-state index in [0.29, 0.717) is 18.7 Å². The van der Waals surface area contributed by atoms with Crippen LogP contribution in [0.1, 0.15) is 19.3 Å². The number of piperidine rings is 1. The Morgan fingerprint density at radius 1 is 1.35 bits per heavy atom. The van der Waals surface area contributed by atoms with Crippen LogP contribution in [0.25, 0.3) is 11.1 Å². The third kappa shape index (κ3) is 2.42. The first-order chi connectivity index (χ1) is 8.42. The minimum atomic E-state index is 0.374. The van der Waals surface area contributed by atoms with E-state index in [2.05, 4.69) is 10.3 Å². The van der Waals surface area contributed by atoms with Gasteiger partial charge in [-0.15, -0.1) is 0 Å². The van der Waals surface area contributed by atoms with Gasteiger partial charge < -0.3 is 14.5 Å². The van der Waals surface area contributed by atoms with Crippen molar-refractivity contribution in [3.63, 3.8) is 0 Å². The van der Waals surface area contributed by atoms with Crippen molar-refractivity contribution >= 4 is 11.1 Å². The molecule has 1 aromatic carbocycles. The van der Waals surface area contributed by atoms with Crippen LogP contribution in [-0.2, 0) is 0 Å². The second-order valence-electron chi connectivity index (χ2n) is 4.41. The fourth-order valence-electron chi connectivity index (χ4n) is 2.15. The maximum Gasteiger partial charge on any atom is 0.394 e. The molecule has 0 unspecified atom stereocenters. The van der Waals surface area contributed by atoms with Crippen molar-refractivity contribution in [1.82, 2.24) is 10.3 Å². The van der Waals surface area contributed by atoms with Crippen LogP contribution in [0, 0.1) is 0 Å². The highest BCUT2D eigenvalue weighted by Gasteiger charge is 2.14. The zero-order chi connectivity index (χ0) is 11.5. The van der Waals surface area contributed by atoms with E-state index in [0.717, 1.165) is 17.6 Å². The Hall–Kier alpha value is -1.55. The van der Waals surface area contributed by atoms with Crippen LogP contribution in [0.15, 0.2) is 28.7 Å². The highest BCUT2D eigenvalue weighted by Crippen LogP contribution is 2.20. The molecule has 17 heavy (non-hydrogen) atoms. The van der Waals surface area contributed by atoms with Gasteiger partial charge in [-0.05, 0) is 31.5 Å². The lowest BCUT2D eigenvalue weighted by Crippen LogP contribution is -2.38. The van der Waals surface area contributed by atoms with Crippen molar-refractivity contribution in [2.24, 2.45) is 0 Å². The Labute approximate surface area is 100.0 Å². The molecule has 90 valence electrons. The number of aromatic nitrogens is 1. The monoisotopic (exact) mass is 232 g/mol. The number of nitrogens with one attached hydrogen (secondary N) is 1. The number of para-hydroxylation sites is 2. The van der Waals surface area contributed by atoms with Crippen molar-refractivity contribution in [2.45, 2.75) is 25.3 Å². The Morgan fingerprint density at radius 3 is 3.12 bits per heavy atom. The van der Waals surface area contributed by atoms with Crippen LogP contribution in [0.5, 0.6) is 6.08 Å². The number of hydrogen-bond acceptors (Lipinski definition) is 4. The van der Waals surface area contributed by atoms with Crippen molar-refractivity contribution in [2.75, 3.05) is 13.2 Å². The zero-order valence-corrected chi connectivity index (χ0v) is 9.69. The van der Waals surface area contributed by atoms with Gasteiger partial charge >= 0.3 is 6.08 Å². The first kappa shape index (κ1) is 10.6. The Morgan fingerprint density at radius 2 is 2.29 bits per heavy atom. The van der Waals surface area contributed by atoms with Gasteiger partial charge in [0.2, 0.25) is 0 Å². The molecule has 0 saturated carbocycles. The van der Waals surface area contributed by atoms with Crippen LogP contribution < -0.4 is 10.1 Å². The lowest BCUT2D eigenvalue weighted by molar-refractivity contribution is 0.191. The predicted octanol–water partition coefficient (Wildman–Crippen LogP) is 2.35. The summed E-state index contributed by atoms with van der Waals surface area (Å²) in [4.78, 5) is 4.28. The fourth-order valence-corrected chi connectivity index (χ4v) is 2.15. The molecular weight excluding hydrogens is 216 g/mol. The molecule has 4 nitrogen and oxygen atoms in total. The summed E-state index contributed by atoms with van der Waals surface area (Å²) in [6.07, 6.45) is 4.08. The van der Waals surface area contributed by atoms with Gasteiger partial charge in [-0.25, -0.2) is 0 Å². The minimum absolute atomic E-state index is 0.374. The van der Waals surface area contributed by atoms with Gasteiger partial charge in [0.25, 0.3) is 0 Å². The van der Waals surface area contributed by atoms with Gasteiger partial charge in [-0.1, -0.05) is 18.6 Å². The number of benzene rings is 1. The van der Waals surface area contributed by atoms with Crippen LogP contribution in [0.4, 0.5) is 0 Å². The third-order valence-corrected chi connectivity index (χ3v) is 3.09. The molecule has 0 radical (unpaired) electrons. The van der Waals surface area contributed by atoms with Gasteiger partial charge in [0.1, 0.15) is 12.1 Å². The molecule has 1 aliphatic heterocycles. The molecular formula is C13H16N2O2. The van der Waals surface area contributed by atoms with Gasteiger partial charge in [0.05, 0.1) is 0 Å². The summed E-state index contributed by atoms with van der Waals surface area (Å²) in [5.41, 5.74) is 1.62. The van der Waals surface area contributed by atoms with Crippen LogP contribution in [0.2, 0.25) is 0 Å². The van der Waals surface area contributed by atoms with Gasteiger partial charge in [0, 0.05) is 6.04 Å². The Bertz CT molecular complexity index is 456. The number of nitrogens with zero attached hydrogens (tertiary/aromatic N) is 1. The molecule has 2 aromatic rings. The number of rotatable bonds is 3. The van der Waals surface area contributed by atoms with E-state index >= 15 is 0 Å². The topological polar surface area (TPSA) is 47.3 Å². The maximum absolute atomic E-state index is 5.59. The first-order valence-corrected chi connectivity index (χ1v) is 6.13. The van der Waals surface area contributed by atoms with Crippen LogP contribution in [0.3, 0.4) is 0 Å². The lowest BCUT2D eigenvalue weighted by atomic mass is 10.1. The molecule has 2 heterocycles.